The topological polar surface area (TPSA) is 99.0 Å². The minimum Gasteiger partial charge on any atom is -0.366 e. The number of anilines is 1. The van der Waals surface area contributed by atoms with Gasteiger partial charge in [0.1, 0.15) is 6.04 Å². The van der Waals surface area contributed by atoms with Crippen molar-refractivity contribution < 1.29 is 14.4 Å². The normalized spacial score (nSPS) is 15.6. The van der Waals surface area contributed by atoms with Crippen LogP contribution in [0.5, 0.6) is 0 Å². The second-order valence-corrected chi connectivity index (χ2v) is 8.31. The first-order valence-corrected chi connectivity index (χ1v) is 11.3. The van der Waals surface area contributed by atoms with Crippen LogP contribution in [0.15, 0.2) is 54.6 Å². The fraction of sp³-hybridized carbons (Fsp3) is 0.400. The number of benzene rings is 2. The average Bonchev–Trinajstić information content (AvgIpc) is 2.82. The predicted octanol–water partition coefficient (Wildman–Crippen LogP) is 1.95. The van der Waals surface area contributed by atoms with E-state index in [2.05, 4.69) is 22.2 Å². The molecule has 0 aliphatic carbocycles. The van der Waals surface area contributed by atoms with Crippen molar-refractivity contribution in [2.45, 2.75) is 19.4 Å². The van der Waals surface area contributed by atoms with Crippen molar-refractivity contribution >= 4 is 23.4 Å². The molecule has 0 spiro atoms. The number of primary amides is 1. The Morgan fingerprint density at radius 2 is 1.64 bits per heavy atom. The van der Waals surface area contributed by atoms with Gasteiger partial charge in [-0.1, -0.05) is 30.3 Å². The summed E-state index contributed by atoms with van der Waals surface area (Å²) in [5, 5.41) is 2.81. The maximum atomic E-state index is 13.6. The molecule has 1 saturated heterocycles. The molecule has 0 aromatic heterocycles. The first kappa shape index (κ1) is 24.4. The summed E-state index contributed by atoms with van der Waals surface area (Å²) in [4.78, 5) is 43.6. The lowest BCUT2D eigenvalue weighted by molar-refractivity contribution is -0.138. The van der Waals surface area contributed by atoms with E-state index in [-0.39, 0.29) is 24.3 Å². The van der Waals surface area contributed by atoms with Crippen LogP contribution >= 0.6 is 0 Å². The fourth-order valence-electron chi connectivity index (χ4n) is 4.00. The smallest absolute Gasteiger partial charge is 0.248 e. The van der Waals surface area contributed by atoms with Gasteiger partial charge in [-0.05, 0) is 43.8 Å². The minimum absolute atomic E-state index is 0.0202. The molecule has 0 bridgehead atoms. The number of carbonyl (C=O) groups excluding carboxylic acids is 3. The Morgan fingerprint density at radius 3 is 2.21 bits per heavy atom. The summed E-state index contributed by atoms with van der Waals surface area (Å²) in [7, 11) is 2.09. The molecule has 1 aliphatic heterocycles. The van der Waals surface area contributed by atoms with Crippen LogP contribution in [0, 0.1) is 0 Å². The molecule has 3 N–H and O–H groups in total. The Hall–Kier alpha value is -3.23. The van der Waals surface area contributed by atoms with Gasteiger partial charge in [0, 0.05) is 56.9 Å². The zero-order chi connectivity index (χ0) is 23.8. The van der Waals surface area contributed by atoms with E-state index in [9.17, 15) is 14.4 Å². The van der Waals surface area contributed by atoms with Crippen molar-refractivity contribution in [2.24, 2.45) is 5.73 Å². The SMILES string of the molecule is CCN(CCC(=O)Nc1ccc(C(N)=O)cc1)C(=O)C(c1ccccc1)N1CCN(C)CC1. The summed E-state index contributed by atoms with van der Waals surface area (Å²) >= 11 is 0. The Bertz CT molecular complexity index is 940. The van der Waals surface area contributed by atoms with Gasteiger partial charge in [0.15, 0.2) is 0 Å². The Morgan fingerprint density at radius 1 is 1.00 bits per heavy atom. The Kier molecular flexibility index (Phi) is 8.57. The van der Waals surface area contributed by atoms with Crippen LogP contribution in [-0.2, 0) is 9.59 Å². The predicted molar refractivity (Wildman–Crippen MR) is 129 cm³/mol. The molecule has 1 fully saturated rings. The molecule has 1 aliphatic rings. The van der Waals surface area contributed by atoms with Crippen molar-refractivity contribution in [2.75, 3.05) is 51.6 Å². The summed E-state index contributed by atoms with van der Waals surface area (Å²) in [5.41, 5.74) is 7.19. The molecule has 2 aromatic carbocycles. The highest BCUT2D eigenvalue weighted by Crippen LogP contribution is 2.25. The van der Waals surface area contributed by atoms with Gasteiger partial charge < -0.3 is 20.9 Å². The lowest BCUT2D eigenvalue weighted by Gasteiger charge is -2.39. The lowest BCUT2D eigenvalue weighted by atomic mass is 10.0. The number of nitrogens with one attached hydrogen (secondary N) is 1. The molecular weight excluding hydrogens is 418 g/mol. The van der Waals surface area contributed by atoms with Crippen molar-refractivity contribution in [3.8, 4) is 0 Å². The number of carbonyl (C=O) groups is 3. The molecule has 8 heteroatoms. The van der Waals surface area contributed by atoms with Crippen LogP contribution < -0.4 is 11.1 Å². The molecule has 2 aromatic rings. The Labute approximate surface area is 195 Å². The highest BCUT2D eigenvalue weighted by molar-refractivity contribution is 5.95. The summed E-state index contributed by atoms with van der Waals surface area (Å²) in [6.45, 7) is 6.26. The van der Waals surface area contributed by atoms with E-state index in [1.54, 1.807) is 29.2 Å². The third-order valence-corrected chi connectivity index (χ3v) is 6.01. The molecule has 3 amide bonds. The van der Waals surface area contributed by atoms with Gasteiger partial charge in [0.25, 0.3) is 0 Å². The first-order chi connectivity index (χ1) is 15.9. The highest BCUT2D eigenvalue weighted by atomic mass is 16.2. The number of nitrogens with zero attached hydrogens (tertiary/aromatic N) is 3. The van der Waals surface area contributed by atoms with E-state index in [1.165, 1.54) is 0 Å². The molecule has 0 saturated carbocycles. The van der Waals surface area contributed by atoms with E-state index in [1.807, 2.05) is 37.3 Å². The highest BCUT2D eigenvalue weighted by Gasteiger charge is 2.32. The van der Waals surface area contributed by atoms with Crippen LogP contribution in [0.4, 0.5) is 5.69 Å². The number of hydrogen-bond donors (Lipinski definition) is 2. The van der Waals surface area contributed by atoms with Gasteiger partial charge in [-0.3, -0.25) is 19.3 Å². The first-order valence-electron chi connectivity index (χ1n) is 11.3. The van der Waals surface area contributed by atoms with Gasteiger partial charge in [0.2, 0.25) is 17.7 Å². The average molecular weight is 452 g/mol. The van der Waals surface area contributed by atoms with Gasteiger partial charge in [-0.15, -0.1) is 0 Å². The number of hydrogen-bond acceptors (Lipinski definition) is 5. The van der Waals surface area contributed by atoms with E-state index in [0.717, 1.165) is 31.7 Å². The van der Waals surface area contributed by atoms with E-state index < -0.39 is 5.91 Å². The molecule has 33 heavy (non-hydrogen) atoms. The van der Waals surface area contributed by atoms with Crippen molar-refractivity contribution in [1.82, 2.24) is 14.7 Å². The molecule has 1 heterocycles. The van der Waals surface area contributed by atoms with Gasteiger partial charge in [0.05, 0.1) is 0 Å². The van der Waals surface area contributed by atoms with Crippen LogP contribution in [0.25, 0.3) is 0 Å². The quantitative estimate of drug-likeness (QED) is 0.607. The minimum atomic E-state index is -0.515. The molecule has 1 atom stereocenters. The second-order valence-electron chi connectivity index (χ2n) is 8.31. The summed E-state index contributed by atoms with van der Waals surface area (Å²) in [6, 6.07) is 15.9. The molecule has 0 radical (unpaired) electrons. The third-order valence-electron chi connectivity index (χ3n) is 6.01. The van der Waals surface area contributed by atoms with Gasteiger partial charge in [-0.25, -0.2) is 0 Å². The molecule has 1 unspecified atom stereocenters. The van der Waals surface area contributed by atoms with Crippen molar-refractivity contribution in [3.05, 3.63) is 65.7 Å². The molecule has 3 rings (SSSR count). The van der Waals surface area contributed by atoms with Crippen molar-refractivity contribution in [1.29, 1.82) is 0 Å². The zero-order valence-electron chi connectivity index (χ0n) is 19.4. The van der Waals surface area contributed by atoms with Gasteiger partial charge >= 0.3 is 0 Å². The number of amides is 3. The largest absolute Gasteiger partial charge is 0.366 e. The summed E-state index contributed by atoms with van der Waals surface area (Å²) in [6.07, 6.45) is 0.182. The third kappa shape index (κ3) is 6.63. The standard InChI is InChI=1S/C25H33N5O3/c1-3-29(14-13-22(31)27-21-11-9-20(10-12-21)24(26)32)25(33)23(19-7-5-4-6-8-19)30-17-15-28(2)16-18-30/h4-12,23H,3,13-18H2,1-2H3,(H2,26,32)(H,27,31). The maximum Gasteiger partial charge on any atom is 0.248 e. The van der Waals surface area contributed by atoms with Crippen LogP contribution in [-0.4, -0.2) is 78.7 Å². The van der Waals surface area contributed by atoms with Crippen LogP contribution in [0.1, 0.15) is 35.3 Å². The number of likely N-dealkylation sites (N-methyl/N-ethyl adjacent to an activating group) is 2. The second kappa shape index (κ2) is 11.6. The zero-order valence-corrected chi connectivity index (χ0v) is 19.4. The summed E-state index contributed by atoms with van der Waals surface area (Å²) in [5.74, 6) is -0.686. The van der Waals surface area contributed by atoms with Crippen LogP contribution in [0.2, 0.25) is 0 Å². The van der Waals surface area contributed by atoms with E-state index in [0.29, 0.717) is 24.3 Å². The van der Waals surface area contributed by atoms with Crippen molar-refractivity contribution in [3.63, 3.8) is 0 Å². The lowest BCUT2D eigenvalue weighted by Crippen LogP contribution is -2.51. The summed E-state index contributed by atoms with van der Waals surface area (Å²) < 4.78 is 0. The Balaban J connectivity index is 1.64. The number of rotatable bonds is 9. The maximum absolute atomic E-state index is 13.6. The van der Waals surface area contributed by atoms with E-state index in [4.69, 9.17) is 5.73 Å². The molecule has 176 valence electrons. The van der Waals surface area contributed by atoms with E-state index >= 15 is 0 Å². The monoisotopic (exact) mass is 451 g/mol. The molecule has 8 nitrogen and oxygen atoms in total. The number of piperazine rings is 1. The molecular formula is C25H33N5O3. The number of nitrogens with two attached hydrogens (primary N) is 1. The van der Waals surface area contributed by atoms with Gasteiger partial charge in [-0.2, -0.15) is 0 Å². The fourth-order valence-corrected chi connectivity index (χ4v) is 4.00. The van der Waals surface area contributed by atoms with Crippen LogP contribution in [0.3, 0.4) is 0 Å².